The van der Waals surface area contributed by atoms with Gasteiger partial charge in [0.1, 0.15) is 0 Å². The zero-order valence-corrected chi connectivity index (χ0v) is 14.8. The van der Waals surface area contributed by atoms with E-state index in [-0.39, 0.29) is 19.0 Å². The number of ether oxygens (including phenoxy) is 3. The highest BCUT2D eigenvalue weighted by molar-refractivity contribution is 5.98. The molecule has 0 unspecified atom stereocenters. The van der Waals surface area contributed by atoms with Crippen LogP contribution in [0.15, 0.2) is 42.5 Å². The van der Waals surface area contributed by atoms with E-state index in [2.05, 4.69) is 0 Å². The van der Waals surface area contributed by atoms with Crippen LogP contribution in [0.5, 0.6) is 11.5 Å². The van der Waals surface area contributed by atoms with Crippen molar-refractivity contribution < 1.29 is 23.8 Å². The predicted molar refractivity (Wildman–Crippen MR) is 96.9 cm³/mol. The van der Waals surface area contributed by atoms with E-state index in [0.29, 0.717) is 17.1 Å². The molecule has 2 aromatic rings. The maximum absolute atomic E-state index is 12.3. The molecular weight excluding hydrogens is 332 g/mol. The summed E-state index contributed by atoms with van der Waals surface area (Å²) in [4.78, 5) is 24.1. The lowest BCUT2D eigenvalue weighted by Crippen LogP contribution is -2.20. The third-order valence-electron chi connectivity index (χ3n) is 4.45. The van der Waals surface area contributed by atoms with Gasteiger partial charge in [0, 0.05) is 5.56 Å². The molecule has 1 aliphatic carbocycles. The van der Waals surface area contributed by atoms with Gasteiger partial charge in [0.05, 0.1) is 7.11 Å². The van der Waals surface area contributed by atoms with Crippen LogP contribution in [0.3, 0.4) is 0 Å². The number of esters is 1. The van der Waals surface area contributed by atoms with Gasteiger partial charge in [0.2, 0.25) is 0 Å². The van der Waals surface area contributed by atoms with E-state index < -0.39 is 5.97 Å². The Hall–Kier alpha value is -2.82. The molecule has 0 N–H and O–H groups in total. The second-order valence-corrected chi connectivity index (χ2v) is 6.21. The topological polar surface area (TPSA) is 61.8 Å². The fourth-order valence-electron chi connectivity index (χ4n) is 3.05. The minimum atomic E-state index is -0.595. The molecule has 0 saturated heterocycles. The molecule has 0 saturated carbocycles. The number of hydrogen-bond acceptors (Lipinski definition) is 5. The van der Waals surface area contributed by atoms with Crippen LogP contribution in [0.25, 0.3) is 0 Å². The van der Waals surface area contributed by atoms with Gasteiger partial charge in [-0.1, -0.05) is 24.3 Å². The third-order valence-corrected chi connectivity index (χ3v) is 4.45. The van der Waals surface area contributed by atoms with Crippen LogP contribution in [-0.2, 0) is 22.4 Å². The van der Waals surface area contributed by atoms with Crippen LogP contribution in [0.2, 0.25) is 0 Å². The Balaban J connectivity index is 1.50. The molecule has 2 aromatic carbocycles. The summed E-state index contributed by atoms with van der Waals surface area (Å²) in [7, 11) is 1.53. The number of fused-ring (bicyclic) bond motifs is 1. The molecule has 0 heterocycles. The fraction of sp³-hybridized carbons (Fsp3) is 0.333. The molecule has 0 spiro atoms. The Morgan fingerprint density at radius 2 is 1.65 bits per heavy atom. The summed E-state index contributed by atoms with van der Waals surface area (Å²) in [5, 5.41) is 0. The molecule has 0 radical (unpaired) electrons. The lowest BCUT2D eigenvalue weighted by Gasteiger charge is -2.16. The average molecular weight is 354 g/mol. The first-order valence-corrected chi connectivity index (χ1v) is 8.74. The fourth-order valence-corrected chi connectivity index (χ4v) is 3.05. The Labute approximate surface area is 152 Å². The number of methoxy groups -OCH3 is 1. The van der Waals surface area contributed by atoms with Crippen molar-refractivity contribution in [2.45, 2.75) is 25.7 Å². The van der Waals surface area contributed by atoms with E-state index in [1.807, 2.05) is 18.2 Å². The third kappa shape index (κ3) is 4.42. The monoisotopic (exact) mass is 354 g/mol. The van der Waals surface area contributed by atoms with E-state index in [1.54, 1.807) is 24.3 Å². The van der Waals surface area contributed by atoms with Crippen molar-refractivity contribution in [3.8, 4) is 11.5 Å². The molecule has 0 bridgehead atoms. The van der Waals surface area contributed by atoms with Crippen molar-refractivity contribution in [2.24, 2.45) is 0 Å². The maximum atomic E-state index is 12.3. The van der Waals surface area contributed by atoms with Crippen LogP contribution >= 0.6 is 0 Å². The summed E-state index contributed by atoms with van der Waals surface area (Å²) < 4.78 is 15.6. The van der Waals surface area contributed by atoms with Crippen molar-refractivity contribution in [1.29, 1.82) is 0 Å². The van der Waals surface area contributed by atoms with Crippen LogP contribution in [0.1, 0.15) is 34.3 Å². The Morgan fingerprint density at radius 3 is 2.42 bits per heavy atom. The quantitative estimate of drug-likeness (QED) is 0.563. The molecule has 0 fully saturated rings. The van der Waals surface area contributed by atoms with E-state index in [1.165, 1.54) is 24.7 Å². The molecule has 3 rings (SSSR count). The van der Waals surface area contributed by atoms with Crippen LogP contribution in [0, 0.1) is 0 Å². The molecule has 136 valence electrons. The van der Waals surface area contributed by atoms with Gasteiger partial charge in [-0.15, -0.1) is 0 Å². The van der Waals surface area contributed by atoms with Gasteiger partial charge in [-0.2, -0.15) is 0 Å². The maximum Gasteiger partial charge on any atom is 0.344 e. The number of benzene rings is 2. The normalized spacial score (nSPS) is 12.8. The predicted octanol–water partition coefficient (Wildman–Crippen LogP) is 3.38. The minimum Gasteiger partial charge on any atom is -0.493 e. The number of carbonyl (C=O) groups excluding carboxylic acids is 2. The smallest absolute Gasteiger partial charge is 0.344 e. The molecule has 5 nitrogen and oxygen atoms in total. The lowest BCUT2D eigenvalue weighted by atomic mass is 9.90. The van der Waals surface area contributed by atoms with Crippen molar-refractivity contribution in [2.75, 3.05) is 20.3 Å². The number of rotatable bonds is 7. The van der Waals surface area contributed by atoms with E-state index in [9.17, 15) is 9.59 Å². The van der Waals surface area contributed by atoms with Gasteiger partial charge < -0.3 is 14.2 Å². The first-order valence-electron chi connectivity index (χ1n) is 8.74. The molecule has 0 aromatic heterocycles. The van der Waals surface area contributed by atoms with Crippen LogP contribution in [-0.4, -0.2) is 32.1 Å². The zero-order valence-electron chi connectivity index (χ0n) is 14.8. The molecule has 0 atom stereocenters. The first-order chi connectivity index (χ1) is 12.7. The first kappa shape index (κ1) is 18.0. The van der Waals surface area contributed by atoms with Crippen molar-refractivity contribution in [1.82, 2.24) is 0 Å². The second kappa shape index (κ2) is 8.52. The highest BCUT2D eigenvalue weighted by Crippen LogP contribution is 2.25. The number of hydrogen-bond donors (Lipinski definition) is 0. The van der Waals surface area contributed by atoms with Gasteiger partial charge in [-0.25, -0.2) is 4.79 Å². The van der Waals surface area contributed by atoms with E-state index in [4.69, 9.17) is 14.2 Å². The van der Waals surface area contributed by atoms with E-state index >= 15 is 0 Å². The summed E-state index contributed by atoms with van der Waals surface area (Å²) in [6.45, 7) is -0.565. The molecule has 0 amide bonds. The summed E-state index contributed by atoms with van der Waals surface area (Å²) >= 11 is 0. The summed E-state index contributed by atoms with van der Waals surface area (Å²) in [6.07, 6.45) is 4.42. The van der Waals surface area contributed by atoms with Gasteiger partial charge in [0.25, 0.3) is 0 Å². The second-order valence-electron chi connectivity index (χ2n) is 6.21. The number of carbonyl (C=O) groups is 2. The van der Waals surface area contributed by atoms with Gasteiger partial charge in [-0.3, -0.25) is 4.79 Å². The number of Topliss-reactive ketones (excluding diaryl/α,β-unsaturated/α-hetero) is 1. The average Bonchev–Trinajstić information content (AvgIpc) is 2.70. The van der Waals surface area contributed by atoms with Crippen molar-refractivity contribution in [3.63, 3.8) is 0 Å². The number of para-hydroxylation sites is 2. The van der Waals surface area contributed by atoms with Crippen LogP contribution < -0.4 is 9.47 Å². The van der Waals surface area contributed by atoms with Crippen molar-refractivity contribution in [3.05, 3.63) is 59.2 Å². The van der Waals surface area contributed by atoms with Gasteiger partial charge in [-0.05, 0) is 55.0 Å². The van der Waals surface area contributed by atoms with Gasteiger partial charge >= 0.3 is 5.97 Å². The lowest BCUT2D eigenvalue weighted by molar-refractivity contribution is -0.144. The number of aryl methyl sites for hydroxylation is 2. The summed E-state index contributed by atoms with van der Waals surface area (Å²) in [5.41, 5.74) is 3.13. The molecule has 5 heteroatoms. The van der Waals surface area contributed by atoms with Crippen LogP contribution in [0.4, 0.5) is 0 Å². The van der Waals surface area contributed by atoms with Gasteiger partial charge in [0.15, 0.2) is 30.5 Å². The Morgan fingerprint density at radius 1 is 0.923 bits per heavy atom. The molecular formula is C21H22O5. The van der Waals surface area contributed by atoms with Crippen molar-refractivity contribution >= 4 is 11.8 Å². The SMILES string of the molecule is COc1ccccc1OCC(=O)OCC(=O)c1ccc2c(c1)CCCC2. The molecule has 1 aliphatic rings. The Kier molecular flexibility index (Phi) is 5.89. The summed E-state index contributed by atoms with van der Waals surface area (Å²) in [5.74, 6) is 0.185. The molecule has 0 aliphatic heterocycles. The largest absolute Gasteiger partial charge is 0.493 e. The zero-order chi connectivity index (χ0) is 18.4. The highest BCUT2D eigenvalue weighted by Gasteiger charge is 2.15. The number of ketones is 1. The highest BCUT2D eigenvalue weighted by atomic mass is 16.6. The summed E-state index contributed by atoms with van der Waals surface area (Å²) in [6, 6.07) is 12.8. The standard InChI is InChI=1S/C21H22O5/c1-24-19-8-4-5-9-20(19)25-14-21(23)26-13-18(22)17-11-10-15-6-2-3-7-16(15)12-17/h4-5,8-12H,2-3,6-7,13-14H2,1H3. The minimum absolute atomic E-state index is 0.205. The van der Waals surface area contributed by atoms with E-state index in [0.717, 1.165) is 19.3 Å². The molecule has 26 heavy (non-hydrogen) atoms. The Bertz CT molecular complexity index is 797.